The Hall–Kier alpha value is -1.36. The average molecular weight is 297 g/mol. The van der Waals surface area contributed by atoms with Crippen molar-refractivity contribution in [1.82, 2.24) is 9.88 Å². The van der Waals surface area contributed by atoms with Gasteiger partial charge in [-0.1, -0.05) is 26.0 Å². The van der Waals surface area contributed by atoms with E-state index >= 15 is 0 Å². The number of benzene rings is 1. The van der Waals surface area contributed by atoms with Gasteiger partial charge in [-0.25, -0.2) is 0 Å². The van der Waals surface area contributed by atoms with Crippen LogP contribution in [0.5, 0.6) is 5.75 Å². The van der Waals surface area contributed by atoms with Crippen molar-refractivity contribution in [1.29, 1.82) is 0 Å². The molecular weight excluding hydrogens is 276 g/mol. The summed E-state index contributed by atoms with van der Waals surface area (Å²) in [7, 11) is 0. The van der Waals surface area contributed by atoms with Gasteiger partial charge in [0.25, 0.3) is 0 Å². The highest BCUT2D eigenvalue weighted by Gasteiger charge is 2.15. The summed E-state index contributed by atoms with van der Waals surface area (Å²) in [5.74, 6) is 0.148. The van der Waals surface area contributed by atoms with Gasteiger partial charge in [-0.3, -0.25) is 4.98 Å². The van der Waals surface area contributed by atoms with E-state index < -0.39 is 6.10 Å². The number of aromatic nitrogens is 1. The first-order chi connectivity index (χ1) is 9.17. The Labute approximate surface area is 125 Å². The van der Waals surface area contributed by atoms with Crippen molar-refractivity contribution in [2.24, 2.45) is 0 Å². The first-order valence-electron chi connectivity index (χ1n) is 6.64. The minimum absolute atomic E-state index is 0. The Morgan fingerprint density at radius 2 is 1.90 bits per heavy atom. The molecule has 0 fully saturated rings. The molecule has 1 unspecified atom stereocenters. The number of aliphatic hydroxyl groups is 1. The molecule has 0 aliphatic carbocycles. The molecule has 0 aliphatic heterocycles. The van der Waals surface area contributed by atoms with Crippen LogP contribution in [-0.2, 0) is 0 Å². The van der Waals surface area contributed by atoms with E-state index in [0.29, 0.717) is 12.1 Å². The van der Waals surface area contributed by atoms with Gasteiger partial charge in [-0.2, -0.15) is 0 Å². The van der Waals surface area contributed by atoms with Crippen molar-refractivity contribution < 1.29 is 10.2 Å². The van der Waals surface area contributed by atoms with E-state index in [1.807, 2.05) is 12.1 Å². The number of aromatic hydroxyl groups is 1. The van der Waals surface area contributed by atoms with Crippen LogP contribution in [0.25, 0.3) is 10.9 Å². The molecule has 1 heterocycles. The van der Waals surface area contributed by atoms with Gasteiger partial charge in [0.2, 0.25) is 0 Å². The Balaban J connectivity index is 0.00000200. The van der Waals surface area contributed by atoms with Crippen LogP contribution in [0, 0.1) is 0 Å². The second-order valence-electron chi connectivity index (χ2n) is 4.58. The number of phenolic OH excluding ortho intramolecular Hbond substituents is 1. The summed E-state index contributed by atoms with van der Waals surface area (Å²) in [6, 6.07) is 7.07. The first kappa shape index (κ1) is 16.7. The first-order valence-corrected chi connectivity index (χ1v) is 6.64. The van der Waals surface area contributed by atoms with E-state index in [-0.39, 0.29) is 18.2 Å². The number of hydrogen-bond donors (Lipinski definition) is 2. The lowest BCUT2D eigenvalue weighted by Crippen LogP contribution is -2.28. The molecule has 20 heavy (non-hydrogen) atoms. The number of halogens is 1. The molecule has 5 heteroatoms. The maximum atomic E-state index is 10.4. The fourth-order valence-corrected chi connectivity index (χ4v) is 2.30. The number of pyridine rings is 1. The predicted molar refractivity (Wildman–Crippen MR) is 83.4 cm³/mol. The van der Waals surface area contributed by atoms with Crippen molar-refractivity contribution in [3.8, 4) is 5.75 Å². The molecule has 0 saturated heterocycles. The summed E-state index contributed by atoms with van der Waals surface area (Å²) in [6.07, 6.45) is 1.05. The molecule has 0 amide bonds. The second kappa shape index (κ2) is 7.43. The van der Waals surface area contributed by atoms with E-state index in [4.69, 9.17) is 0 Å². The zero-order chi connectivity index (χ0) is 13.8. The van der Waals surface area contributed by atoms with E-state index in [0.717, 1.165) is 24.0 Å². The lowest BCUT2D eigenvalue weighted by Gasteiger charge is -2.22. The second-order valence-corrected chi connectivity index (χ2v) is 4.58. The summed E-state index contributed by atoms with van der Waals surface area (Å²) < 4.78 is 0. The number of nitrogens with zero attached hydrogens (tertiary/aromatic N) is 2. The summed E-state index contributed by atoms with van der Waals surface area (Å²) >= 11 is 0. The predicted octanol–water partition coefficient (Wildman–Crippen LogP) is 2.74. The number of likely N-dealkylation sites (N-methyl/N-ethyl adjacent to an activating group) is 1. The summed E-state index contributed by atoms with van der Waals surface area (Å²) in [5.41, 5.74) is 1.35. The Bertz CT molecular complexity index is 559. The number of hydrogen-bond acceptors (Lipinski definition) is 4. The molecule has 1 aromatic heterocycles. The SMILES string of the molecule is CCN(CC)CC(O)c1ccnc2c(O)cccc12.Cl. The van der Waals surface area contributed by atoms with Gasteiger partial charge in [0.05, 0.1) is 6.10 Å². The number of para-hydroxylation sites is 1. The quantitative estimate of drug-likeness (QED) is 0.891. The number of aliphatic hydroxyl groups excluding tert-OH is 1. The zero-order valence-corrected chi connectivity index (χ0v) is 12.6. The van der Waals surface area contributed by atoms with Gasteiger partial charge in [-0.15, -0.1) is 12.4 Å². The van der Waals surface area contributed by atoms with E-state index in [1.165, 1.54) is 0 Å². The standard InChI is InChI=1S/C15H20N2O2.ClH/c1-3-17(4-2)10-14(19)11-8-9-16-15-12(11)6-5-7-13(15)18;/h5-9,14,18-19H,3-4,10H2,1-2H3;1H. The maximum absolute atomic E-state index is 10.4. The Morgan fingerprint density at radius 1 is 1.20 bits per heavy atom. The zero-order valence-electron chi connectivity index (χ0n) is 11.8. The number of fused-ring (bicyclic) bond motifs is 1. The Kier molecular flexibility index (Phi) is 6.20. The molecule has 110 valence electrons. The highest BCUT2D eigenvalue weighted by molar-refractivity contribution is 5.87. The average Bonchev–Trinajstić information content (AvgIpc) is 2.44. The minimum Gasteiger partial charge on any atom is -0.506 e. The molecule has 0 radical (unpaired) electrons. The van der Waals surface area contributed by atoms with Gasteiger partial charge < -0.3 is 15.1 Å². The minimum atomic E-state index is -0.577. The van der Waals surface area contributed by atoms with Crippen LogP contribution in [-0.4, -0.2) is 39.7 Å². The highest BCUT2D eigenvalue weighted by atomic mass is 35.5. The maximum Gasteiger partial charge on any atom is 0.141 e. The van der Waals surface area contributed by atoms with Crippen LogP contribution in [0.1, 0.15) is 25.5 Å². The van der Waals surface area contributed by atoms with Crippen LogP contribution in [0.4, 0.5) is 0 Å². The van der Waals surface area contributed by atoms with Crippen molar-refractivity contribution in [3.05, 3.63) is 36.0 Å². The highest BCUT2D eigenvalue weighted by Crippen LogP contribution is 2.28. The molecule has 2 aromatic rings. The molecule has 2 N–H and O–H groups in total. The van der Waals surface area contributed by atoms with Gasteiger partial charge >= 0.3 is 0 Å². The van der Waals surface area contributed by atoms with Crippen LogP contribution in [0.15, 0.2) is 30.5 Å². The monoisotopic (exact) mass is 296 g/mol. The third-order valence-corrected chi connectivity index (χ3v) is 3.47. The number of rotatable bonds is 5. The third kappa shape index (κ3) is 3.39. The van der Waals surface area contributed by atoms with Crippen molar-refractivity contribution in [2.45, 2.75) is 20.0 Å². The normalized spacial score (nSPS) is 12.4. The molecule has 1 atom stereocenters. The lowest BCUT2D eigenvalue weighted by atomic mass is 10.0. The lowest BCUT2D eigenvalue weighted by molar-refractivity contribution is 0.120. The molecule has 4 nitrogen and oxygen atoms in total. The van der Waals surface area contributed by atoms with Crippen LogP contribution < -0.4 is 0 Å². The fourth-order valence-electron chi connectivity index (χ4n) is 2.30. The molecule has 0 bridgehead atoms. The smallest absolute Gasteiger partial charge is 0.141 e. The summed E-state index contributed by atoms with van der Waals surface area (Å²) in [4.78, 5) is 6.33. The molecule has 0 aliphatic rings. The molecule has 0 spiro atoms. The Morgan fingerprint density at radius 3 is 2.55 bits per heavy atom. The van der Waals surface area contributed by atoms with Crippen LogP contribution in [0.3, 0.4) is 0 Å². The van der Waals surface area contributed by atoms with Crippen LogP contribution in [0.2, 0.25) is 0 Å². The van der Waals surface area contributed by atoms with Gasteiger partial charge in [0.15, 0.2) is 0 Å². The van der Waals surface area contributed by atoms with E-state index in [9.17, 15) is 10.2 Å². The van der Waals surface area contributed by atoms with Gasteiger partial charge in [0.1, 0.15) is 11.3 Å². The van der Waals surface area contributed by atoms with E-state index in [2.05, 4.69) is 23.7 Å². The van der Waals surface area contributed by atoms with Crippen molar-refractivity contribution in [2.75, 3.05) is 19.6 Å². The molecule has 2 rings (SSSR count). The fraction of sp³-hybridized carbons (Fsp3) is 0.400. The van der Waals surface area contributed by atoms with Gasteiger partial charge in [0, 0.05) is 18.1 Å². The van der Waals surface area contributed by atoms with Crippen molar-refractivity contribution in [3.63, 3.8) is 0 Å². The number of phenols is 1. The van der Waals surface area contributed by atoms with E-state index in [1.54, 1.807) is 18.3 Å². The largest absolute Gasteiger partial charge is 0.506 e. The summed E-state index contributed by atoms with van der Waals surface area (Å²) in [5, 5.41) is 21.0. The van der Waals surface area contributed by atoms with Crippen molar-refractivity contribution >= 4 is 23.3 Å². The van der Waals surface area contributed by atoms with Crippen LogP contribution >= 0.6 is 12.4 Å². The molecular formula is C15H21ClN2O2. The third-order valence-electron chi connectivity index (χ3n) is 3.47. The molecule has 0 saturated carbocycles. The molecule has 1 aromatic carbocycles. The topological polar surface area (TPSA) is 56.6 Å². The summed E-state index contributed by atoms with van der Waals surface area (Å²) in [6.45, 7) is 6.55. The van der Waals surface area contributed by atoms with Gasteiger partial charge in [-0.05, 0) is 30.8 Å².